The van der Waals surface area contributed by atoms with Crippen molar-refractivity contribution in [2.45, 2.75) is 33.7 Å². The third-order valence-corrected chi connectivity index (χ3v) is 2.63. The van der Waals surface area contributed by atoms with Crippen molar-refractivity contribution < 1.29 is 9.47 Å². The van der Waals surface area contributed by atoms with Crippen LogP contribution in [0.25, 0.3) is 0 Å². The van der Waals surface area contributed by atoms with Gasteiger partial charge in [-0.1, -0.05) is 32.9 Å². The summed E-state index contributed by atoms with van der Waals surface area (Å²) in [6.45, 7) is 9.18. The lowest BCUT2D eigenvalue weighted by Crippen LogP contribution is -2.13. The lowest BCUT2D eigenvalue weighted by Gasteiger charge is -2.17. The summed E-state index contributed by atoms with van der Waals surface area (Å²) in [5.41, 5.74) is 6.99. The van der Waals surface area contributed by atoms with Crippen LogP contribution in [0, 0.1) is 5.41 Å². The van der Waals surface area contributed by atoms with Gasteiger partial charge in [0.05, 0.1) is 6.61 Å². The Labute approximate surface area is 110 Å². The van der Waals surface area contributed by atoms with Gasteiger partial charge in [0, 0.05) is 13.2 Å². The molecular formula is C15H25NO2. The Morgan fingerprint density at radius 2 is 1.89 bits per heavy atom. The molecule has 18 heavy (non-hydrogen) atoms. The zero-order valence-corrected chi connectivity index (χ0v) is 11.7. The summed E-state index contributed by atoms with van der Waals surface area (Å²) in [7, 11) is 0. The lowest BCUT2D eigenvalue weighted by molar-refractivity contribution is 0.0818. The van der Waals surface area contributed by atoms with Gasteiger partial charge in [0.2, 0.25) is 0 Å². The van der Waals surface area contributed by atoms with Crippen molar-refractivity contribution in [3.05, 3.63) is 29.8 Å². The SMILES string of the molecule is CC(C)(C)CCOCCOc1cccc(CN)c1. The first-order valence-electron chi connectivity index (χ1n) is 6.51. The third-order valence-electron chi connectivity index (χ3n) is 2.63. The van der Waals surface area contributed by atoms with E-state index in [0.29, 0.717) is 25.2 Å². The molecule has 0 aliphatic carbocycles. The van der Waals surface area contributed by atoms with Crippen LogP contribution >= 0.6 is 0 Å². The minimum absolute atomic E-state index is 0.330. The van der Waals surface area contributed by atoms with Crippen molar-refractivity contribution in [1.29, 1.82) is 0 Å². The van der Waals surface area contributed by atoms with Gasteiger partial charge in [-0.05, 0) is 29.5 Å². The molecule has 2 N–H and O–H groups in total. The molecule has 0 bridgehead atoms. The Balaban J connectivity index is 2.14. The molecule has 3 heteroatoms. The number of rotatable bonds is 7. The van der Waals surface area contributed by atoms with Crippen LogP contribution in [0.1, 0.15) is 32.8 Å². The molecule has 0 unspecified atom stereocenters. The van der Waals surface area contributed by atoms with Gasteiger partial charge >= 0.3 is 0 Å². The minimum atomic E-state index is 0.330. The molecule has 1 rings (SSSR count). The van der Waals surface area contributed by atoms with Gasteiger partial charge in [0.25, 0.3) is 0 Å². The third kappa shape index (κ3) is 6.62. The summed E-state index contributed by atoms with van der Waals surface area (Å²) < 4.78 is 11.1. The Kier molecular flexibility index (Phi) is 6.16. The van der Waals surface area contributed by atoms with Crippen molar-refractivity contribution >= 4 is 0 Å². The second-order valence-electron chi connectivity index (χ2n) is 5.62. The van der Waals surface area contributed by atoms with Crippen molar-refractivity contribution in [2.75, 3.05) is 19.8 Å². The summed E-state index contributed by atoms with van der Waals surface area (Å²) in [5, 5.41) is 0. The normalized spacial score (nSPS) is 11.6. The van der Waals surface area contributed by atoms with Gasteiger partial charge in [-0.15, -0.1) is 0 Å². The summed E-state index contributed by atoms with van der Waals surface area (Å²) in [5.74, 6) is 0.859. The first kappa shape index (κ1) is 15.0. The minimum Gasteiger partial charge on any atom is -0.491 e. The second kappa shape index (κ2) is 7.39. The van der Waals surface area contributed by atoms with Gasteiger partial charge in [-0.3, -0.25) is 0 Å². The van der Waals surface area contributed by atoms with E-state index in [1.807, 2.05) is 24.3 Å². The molecule has 0 spiro atoms. The molecule has 0 amide bonds. The number of hydrogen-bond acceptors (Lipinski definition) is 3. The summed E-state index contributed by atoms with van der Waals surface area (Å²) in [4.78, 5) is 0. The first-order chi connectivity index (χ1) is 8.51. The number of nitrogens with two attached hydrogens (primary N) is 1. The first-order valence-corrected chi connectivity index (χ1v) is 6.51. The molecule has 0 radical (unpaired) electrons. The zero-order chi connectivity index (χ0) is 13.4. The van der Waals surface area contributed by atoms with Crippen LogP contribution < -0.4 is 10.5 Å². The highest BCUT2D eigenvalue weighted by Crippen LogP contribution is 2.18. The van der Waals surface area contributed by atoms with Crippen LogP contribution in [-0.2, 0) is 11.3 Å². The van der Waals surface area contributed by atoms with Crippen LogP contribution in [0.4, 0.5) is 0 Å². The molecule has 1 aromatic rings. The maximum Gasteiger partial charge on any atom is 0.119 e. The van der Waals surface area contributed by atoms with Gasteiger partial charge in [-0.2, -0.15) is 0 Å². The van der Waals surface area contributed by atoms with E-state index in [2.05, 4.69) is 20.8 Å². The Morgan fingerprint density at radius 3 is 2.56 bits per heavy atom. The Bertz CT molecular complexity index is 345. The number of hydrogen-bond donors (Lipinski definition) is 1. The average Bonchev–Trinajstić information content (AvgIpc) is 2.32. The zero-order valence-electron chi connectivity index (χ0n) is 11.7. The van der Waals surface area contributed by atoms with E-state index in [9.17, 15) is 0 Å². The molecule has 0 aliphatic rings. The molecule has 102 valence electrons. The summed E-state index contributed by atoms with van der Waals surface area (Å²) in [6, 6.07) is 7.86. The number of ether oxygens (including phenoxy) is 2. The number of benzene rings is 1. The highest BCUT2D eigenvalue weighted by molar-refractivity contribution is 5.28. The van der Waals surface area contributed by atoms with Gasteiger partial charge < -0.3 is 15.2 Å². The lowest BCUT2D eigenvalue weighted by atomic mass is 9.93. The van der Waals surface area contributed by atoms with Crippen molar-refractivity contribution in [3.8, 4) is 5.75 Å². The fourth-order valence-electron chi connectivity index (χ4n) is 1.46. The van der Waals surface area contributed by atoms with E-state index in [4.69, 9.17) is 15.2 Å². The summed E-state index contributed by atoms with van der Waals surface area (Å²) in [6.07, 6.45) is 1.07. The quantitative estimate of drug-likeness (QED) is 0.758. The topological polar surface area (TPSA) is 44.5 Å². The van der Waals surface area contributed by atoms with E-state index < -0.39 is 0 Å². The maximum atomic E-state index is 5.60. The van der Waals surface area contributed by atoms with Gasteiger partial charge in [-0.25, -0.2) is 0 Å². The molecule has 1 aromatic carbocycles. The van der Waals surface area contributed by atoms with Crippen molar-refractivity contribution in [3.63, 3.8) is 0 Å². The van der Waals surface area contributed by atoms with E-state index >= 15 is 0 Å². The van der Waals surface area contributed by atoms with Crippen molar-refractivity contribution in [2.24, 2.45) is 11.1 Å². The molecule has 0 atom stereocenters. The van der Waals surface area contributed by atoms with Crippen LogP contribution in [0.3, 0.4) is 0 Å². The monoisotopic (exact) mass is 251 g/mol. The highest BCUT2D eigenvalue weighted by Gasteiger charge is 2.08. The Hall–Kier alpha value is -1.06. The highest BCUT2D eigenvalue weighted by atomic mass is 16.5. The second-order valence-corrected chi connectivity index (χ2v) is 5.62. The predicted octanol–water partition coefficient (Wildman–Crippen LogP) is 2.98. The van der Waals surface area contributed by atoms with E-state index in [-0.39, 0.29) is 0 Å². The molecular weight excluding hydrogens is 226 g/mol. The average molecular weight is 251 g/mol. The molecule has 0 saturated heterocycles. The molecule has 0 heterocycles. The Morgan fingerprint density at radius 1 is 1.11 bits per heavy atom. The maximum absolute atomic E-state index is 5.60. The van der Waals surface area contributed by atoms with E-state index in [1.54, 1.807) is 0 Å². The van der Waals surface area contributed by atoms with Crippen LogP contribution in [-0.4, -0.2) is 19.8 Å². The van der Waals surface area contributed by atoms with Crippen LogP contribution in [0.15, 0.2) is 24.3 Å². The fraction of sp³-hybridized carbons (Fsp3) is 0.600. The molecule has 0 aromatic heterocycles. The fourth-order valence-corrected chi connectivity index (χ4v) is 1.46. The molecule has 3 nitrogen and oxygen atoms in total. The van der Waals surface area contributed by atoms with Gasteiger partial charge in [0.1, 0.15) is 12.4 Å². The largest absolute Gasteiger partial charge is 0.491 e. The van der Waals surface area contributed by atoms with E-state index in [1.165, 1.54) is 0 Å². The van der Waals surface area contributed by atoms with E-state index in [0.717, 1.165) is 24.3 Å². The standard InChI is InChI=1S/C15H25NO2/c1-15(2,3)7-8-17-9-10-18-14-6-4-5-13(11-14)12-16/h4-6,11H,7-10,12,16H2,1-3H3. The van der Waals surface area contributed by atoms with Crippen LogP contribution in [0.2, 0.25) is 0 Å². The van der Waals surface area contributed by atoms with Gasteiger partial charge in [0.15, 0.2) is 0 Å². The summed E-state index contributed by atoms with van der Waals surface area (Å²) >= 11 is 0. The molecule has 0 saturated carbocycles. The van der Waals surface area contributed by atoms with Crippen molar-refractivity contribution in [1.82, 2.24) is 0 Å². The molecule has 0 aliphatic heterocycles. The predicted molar refractivity (Wildman–Crippen MR) is 74.7 cm³/mol. The molecule has 0 fully saturated rings. The van der Waals surface area contributed by atoms with Crippen LogP contribution in [0.5, 0.6) is 5.75 Å². The smallest absolute Gasteiger partial charge is 0.119 e.